The summed E-state index contributed by atoms with van der Waals surface area (Å²) in [6.45, 7) is 7.51. The zero-order chi connectivity index (χ0) is 18.2. The summed E-state index contributed by atoms with van der Waals surface area (Å²) in [4.78, 5) is 22.8. The Balaban J connectivity index is 2.57. The molecule has 134 valence electrons. The molecule has 0 saturated carbocycles. The van der Waals surface area contributed by atoms with E-state index in [0.29, 0.717) is 13.0 Å². The van der Waals surface area contributed by atoms with E-state index in [2.05, 4.69) is 5.32 Å². The van der Waals surface area contributed by atoms with Gasteiger partial charge in [-0.1, -0.05) is 37.3 Å². The van der Waals surface area contributed by atoms with Crippen molar-refractivity contribution in [2.75, 3.05) is 6.54 Å². The molecule has 0 fully saturated rings. The van der Waals surface area contributed by atoms with Crippen molar-refractivity contribution in [3.8, 4) is 0 Å². The first kappa shape index (κ1) is 20.0. The smallest absolute Gasteiger partial charge is 0.407 e. The highest BCUT2D eigenvalue weighted by Gasteiger charge is 2.21. The lowest BCUT2D eigenvalue weighted by atomic mass is 10.0. The number of ether oxygens (including phenoxy) is 2. The van der Waals surface area contributed by atoms with E-state index in [9.17, 15) is 9.59 Å². The van der Waals surface area contributed by atoms with Crippen LogP contribution in [-0.2, 0) is 20.9 Å². The first-order chi connectivity index (χ1) is 11.2. The van der Waals surface area contributed by atoms with Gasteiger partial charge in [0.05, 0.1) is 18.6 Å². The van der Waals surface area contributed by atoms with Gasteiger partial charge in [0, 0.05) is 6.54 Å². The minimum atomic E-state index is -0.888. The van der Waals surface area contributed by atoms with Crippen molar-refractivity contribution in [2.45, 2.75) is 52.4 Å². The van der Waals surface area contributed by atoms with Crippen LogP contribution in [0.1, 0.15) is 39.7 Å². The molecule has 0 aliphatic heterocycles. The van der Waals surface area contributed by atoms with Crippen molar-refractivity contribution in [1.82, 2.24) is 5.32 Å². The van der Waals surface area contributed by atoms with Gasteiger partial charge in [0.1, 0.15) is 5.60 Å². The predicted octanol–water partition coefficient (Wildman–Crippen LogP) is 3.21. The fraction of sp³-hybridized carbons (Fsp3) is 0.556. The lowest BCUT2D eigenvalue weighted by Crippen LogP contribution is -2.38. The number of nitrogens with one attached hydrogen (secondary N) is 1. The topological polar surface area (TPSA) is 84.9 Å². The number of carbonyl (C=O) groups is 2. The maximum Gasteiger partial charge on any atom is 0.407 e. The molecule has 6 heteroatoms. The van der Waals surface area contributed by atoms with Crippen molar-refractivity contribution in [3.05, 3.63) is 35.9 Å². The van der Waals surface area contributed by atoms with E-state index in [-0.39, 0.29) is 6.54 Å². The van der Waals surface area contributed by atoms with Gasteiger partial charge in [-0.15, -0.1) is 0 Å². The number of benzene rings is 1. The fourth-order valence-electron chi connectivity index (χ4n) is 2.01. The molecule has 0 spiro atoms. The van der Waals surface area contributed by atoms with Crippen LogP contribution in [0.15, 0.2) is 30.3 Å². The molecular formula is C18H27NO5. The number of hydrogen-bond donors (Lipinski definition) is 2. The predicted molar refractivity (Wildman–Crippen MR) is 90.7 cm³/mol. The summed E-state index contributed by atoms with van der Waals surface area (Å²) in [6.07, 6.45) is -0.652. The van der Waals surface area contributed by atoms with E-state index >= 15 is 0 Å². The number of rotatable bonds is 8. The molecule has 0 aliphatic rings. The molecule has 0 aliphatic carbocycles. The van der Waals surface area contributed by atoms with E-state index in [1.54, 1.807) is 27.7 Å². The summed E-state index contributed by atoms with van der Waals surface area (Å²) in [5, 5.41) is 11.7. The van der Waals surface area contributed by atoms with E-state index in [0.717, 1.165) is 5.56 Å². The Labute approximate surface area is 143 Å². The molecule has 1 rings (SSSR count). The molecule has 0 heterocycles. The SMILES string of the molecule is CC(C[C@H](CNC(=O)OC(C)(C)C)OCc1ccccc1)C(=O)O. The highest BCUT2D eigenvalue weighted by molar-refractivity contribution is 5.69. The molecule has 2 atom stereocenters. The van der Waals surface area contributed by atoms with Gasteiger partial charge in [0.2, 0.25) is 0 Å². The number of hydrogen-bond acceptors (Lipinski definition) is 4. The second-order valence-corrected chi connectivity index (χ2v) is 6.78. The molecule has 0 saturated heterocycles. The van der Waals surface area contributed by atoms with Crippen LogP contribution >= 0.6 is 0 Å². The Bertz CT molecular complexity index is 524. The standard InChI is InChI=1S/C18H27NO5/c1-13(16(20)21)10-15(11-19-17(22)24-18(2,3)4)23-12-14-8-6-5-7-9-14/h5-9,13,15H,10-12H2,1-4H3,(H,19,22)(H,20,21)/t13?,15-/m1/s1. The van der Waals surface area contributed by atoms with Crippen LogP contribution in [0.5, 0.6) is 0 Å². The molecule has 1 unspecified atom stereocenters. The third-order valence-electron chi connectivity index (χ3n) is 3.24. The lowest BCUT2D eigenvalue weighted by molar-refractivity contribution is -0.142. The minimum absolute atomic E-state index is 0.194. The molecule has 2 N–H and O–H groups in total. The highest BCUT2D eigenvalue weighted by atomic mass is 16.6. The van der Waals surface area contributed by atoms with Gasteiger partial charge < -0.3 is 19.9 Å². The van der Waals surface area contributed by atoms with E-state index in [1.807, 2.05) is 30.3 Å². The van der Waals surface area contributed by atoms with Crippen LogP contribution in [0.3, 0.4) is 0 Å². The Morgan fingerprint density at radius 3 is 2.38 bits per heavy atom. The zero-order valence-electron chi connectivity index (χ0n) is 14.7. The van der Waals surface area contributed by atoms with Gasteiger partial charge in [-0.2, -0.15) is 0 Å². The molecule has 1 amide bonds. The Kier molecular flexibility index (Phi) is 7.71. The zero-order valence-corrected chi connectivity index (χ0v) is 14.7. The van der Waals surface area contributed by atoms with Crippen molar-refractivity contribution in [3.63, 3.8) is 0 Å². The number of aliphatic carboxylic acids is 1. The van der Waals surface area contributed by atoms with Crippen LogP contribution in [0, 0.1) is 5.92 Å². The van der Waals surface area contributed by atoms with E-state index in [1.165, 1.54) is 0 Å². The molecule has 0 aromatic heterocycles. The van der Waals surface area contributed by atoms with Crippen LogP contribution in [0.4, 0.5) is 4.79 Å². The van der Waals surface area contributed by atoms with Crippen molar-refractivity contribution >= 4 is 12.1 Å². The first-order valence-electron chi connectivity index (χ1n) is 8.02. The average Bonchev–Trinajstić information content (AvgIpc) is 2.49. The average molecular weight is 337 g/mol. The van der Waals surface area contributed by atoms with E-state index in [4.69, 9.17) is 14.6 Å². The van der Waals surface area contributed by atoms with Crippen LogP contribution in [0.2, 0.25) is 0 Å². The Hall–Kier alpha value is -2.08. The summed E-state index contributed by atoms with van der Waals surface area (Å²) < 4.78 is 11.0. The number of carboxylic acid groups (broad SMARTS) is 1. The first-order valence-corrected chi connectivity index (χ1v) is 8.02. The van der Waals surface area contributed by atoms with Crippen LogP contribution in [-0.4, -0.2) is 35.4 Å². The maximum absolute atomic E-state index is 11.8. The molecular weight excluding hydrogens is 310 g/mol. The second-order valence-electron chi connectivity index (χ2n) is 6.78. The number of amides is 1. The third kappa shape index (κ3) is 8.53. The summed E-state index contributed by atoms with van der Waals surface area (Å²) in [5.74, 6) is -1.45. The molecule has 1 aromatic rings. The number of carbonyl (C=O) groups excluding carboxylic acids is 1. The van der Waals surface area contributed by atoms with Crippen molar-refractivity contribution in [1.29, 1.82) is 0 Å². The third-order valence-corrected chi connectivity index (χ3v) is 3.24. The van der Waals surface area contributed by atoms with Gasteiger partial charge in [-0.3, -0.25) is 4.79 Å². The van der Waals surface area contributed by atoms with Gasteiger partial charge in [0.25, 0.3) is 0 Å². The lowest BCUT2D eigenvalue weighted by Gasteiger charge is -2.23. The molecule has 24 heavy (non-hydrogen) atoms. The molecule has 0 bridgehead atoms. The summed E-state index contributed by atoms with van der Waals surface area (Å²) in [6, 6.07) is 9.59. The maximum atomic E-state index is 11.8. The summed E-state index contributed by atoms with van der Waals surface area (Å²) in [7, 11) is 0. The monoisotopic (exact) mass is 337 g/mol. The molecule has 6 nitrogen and oxygen atoms in total. The Morgan fingerprint density at radius 2 is 1.83 bits per heavy atom. The summed E-state index contributed by atoms with van der Waals surface area (Å²) >= 11 is 0. The van der Waals surface area contributed by atoms with Gasteiger partial charge in [-0.25, -0.2) is 4.79 Å². The van der Waals surface area contributed by atoms with Gasteiger partial charge >= 0.3 is 12.1 Å². The van der Waals surface area contributed by atoms with Crippen LogP contribution < -0.4 is 5.32 Å². The molecule has 1 aromatic carbocycles. The quantitative estimate of drug-likeness (QED) is 0.761. The number of carboxylic acids is 1. The minimum Gasteiger partial charge on any atom is -0.481 e. The normalized spacial score (nSPS) is 13.8. The Morgan fingerprint density at radius 1 is 1.21 bits per heavy atom. The van der Waals surface area contributed by atoms with E-state index < -0.39 is 29.7 Å². The second kappa shape index (κ2) is 9.27. The summed E-state index contributed by atoms with van der Waals surface area (Å²) in [5.41, 5.74) is 0.404. The van der Waals surface area contributed by atoms with Crippen molar-refractivity contribution < 1.29 is 24.2 Å². The van der Waals surface area contributed by atoms with Crippen LogP contribution in [0.25, 0.3) is 0 Å². The van der Waals surface area contributed by atoms with Gasteiger partial charge in [0.15, 0.2) is 0 Å². The van der Waals surface area contributed by atoms with Gasteiger partial charge in [-0.05, 0) is 32.8 Å². The van der Waals surface area contributed by atoms with Crippen molar-refractivity contribution in [2.24, 2.45) is 5.92 Å². The largest absolute Gasteiger partial charge is 0.481 e. The number of alkyl carbamates (subject to hydrolysis) is 1. The highest BCUT2D eigenvalue weighted by Crippen LogP contribution is 2.13. The molecule has 0 radical (unpaired) electrons. The fourth-order valence-corrected chi connectivity index (χ4v) is 2.01.